The molecule has 2 aromatic carbocycles. The number of Topliss-reactive ketones (excluding diaryl/α,β-unsaturated/α-hetero) is 1. The number of pyridine rings is 1. The SMILES string of the molecule is CC(=O)c1ccc(-c2ccnc(N3NC(C(N)=O)=NC3Cc3ccccc3)c2)c(C)c1. The molecule has 0 fully saturated rings. The molecule has 0 bridgehead atoms. The van der Waals surface area contributed by atoms with Crippen LogP contribution < -0.4 is 16.2 Å². The molecule has 0 radical (unpaired) electrons. The molecule has 1 amide bonds. The number of ketones is 1. The lowest BCUT2D eigenvalue weighted by Gasteiger charge is -2.24. The average molecular weight is 413 g/mol. The number of aryl methyl sites for hydroxylation is 1. The molecule has 4 rings (SSSR count). The van der Waals surface area contributed by atoms with E-state index in [0.29, 0.717) is 17.8 Å². The zero-order valence-electron chi connectivity index (χ0n) is 17.4. The Morgan fingerprint density at radius 1 is 1.10 bits per heavy atom. The monoisotopic (exact) mass is 413 g/mol. The van der Waals surface area contributed by atoms with E-state index in [4.69, 9.17) is 5.73 Å². The zero-order chi connectivity index (χ0) is 22.0. The molecule has 1 aliphatic heterocycles. The Kier molecular flexibility index (Phi) is 5.49. The number of benzene rings is 2. The molecule has 1 unspecified atom stereocenters. The second-order valence-corrected chi connectivity index (χ2v) is 7.48. The molecule has 1 atom stereocenters. The summed E-state index contributed by atoms with van der Waals surface area (Å²) in [5.74, 6) is 0.141. The highest BCUT2D eigenvalue weighted by molar-refractivity contribution is 6.38. The first kappa shape index (κ1) is 20.3. The average Bonchev–Trinajstić information content (AvgIpc) is 3.18. The number of hydrogen-bond acceptors (Lipinski definition) is 6. The van der Waals surface area contributed by atoms with E-state index < -0.39 is 5.91 Å². The van der Waals surface area contributed by atoms with E-state index in [1.54, 1.807) is 18.1 Å². The third-order valence-electron chi connectivity index (χ3n) is 5.23. The Hall–Kier alpha value is -4.00. The highest BCUT2D eigenvalue weighted by Crippen LogP contribution is 2.28. The fourth-order valence-electron chi connectivity index (χ4n) is 3.64. The van der Waals surface area contributed by atoms with E-state index in [9.17, 15) is 9.59 Å². The van der Waals surface area contributed by atoms with Crippen LogP contribution >= 0.6 is 0 Å². The van der Waals surface area contributed by atoms with Crippen molar-refractivity contribution < 1.29 is 9.59 Å². The summed E-state index contributed by atoms with van der Waals surface area (Å²) in [6.45, 7) is 3.53. The molecule has 0 aliphatic carbocycles. The topological polar surface area (TPSA) is 101 Å². The summed E-state index contributed by atoms with van der Waals surface area (Å²) in [6, 6.07) is 19.4. The maximum absolute atomic E-state index is 11.8. The standard InChI is InChI=1S/C24H23N5O2/c1-15-12-18(16(2)30)8-9-20(15)19-10-11-26-21(14-19)29-22(27-24(28-29)23(25)31)13-17-6-4-3-5-7-17/h3-12,14,22H,13H2,1-2H3,(H2,25,31)(H,27,28). The molecule has 0 saturated heterocycles. The van der Waals surface area contributed by atoms with Crippen LogP contribution in [0.3, 0.4) is 0 Å². The number of carbonyl (C=O) groups excluding carboxylic acids is 2. The fraction of sp³-hybridized carbons (Fsp3) is 0.167. The molecule has 7 heteroatoms. The fourth-order valence-corrected chi connectivity index (χ4v) is 3.64. The van der Waals surface area contributed by atoms with Gasteiger partial charge in [0.25, 0.3) is 5.91 Å². The minimum Gasteiger partial charge on any atom is -0.363 e. The van der Waals surface area contributed by atoms with Gasteiger partial charge in [-0.1, -0.05) is 42.5 Å². The van der Waals surface area contributed by atoms with Crippen LogP contribution in [-0.4, -0.2) is 28.7 Å². The second kappa shape index (κ2) is 8.39. The van der Waals surface area contributed by atoms with Crippen LogP contribution in [0, 0.1) is 6.92 Å². The third kappa shape index (κ3) is 4.30. The van der Waals surface area contributed by atoms with Gasteiger partial charge in [-0.05, 0) is 54.3 Å². The van der Waals surface area contributed by atoms with Crippen molar-refractivity contribution in [3.05, 3.63) is 83.6 Å². The Labute approximate surface area is 180 Å². The van der Waals surface area contributed by atoms with Crippen LogP contribution in [0.1, 0.15) is 28.4 Å². The van der Waals surface area contributed by atoms with E-state index in [1.807, 2.05) is 67.6 Å². The molecule has 3 N–H and O–H groups in total. The molecule has 1 aromatic heterocycles. The Bertz CT molecular complexity index is 1170. The maximum atomic E-state index is 11.8. The van der Waals surface area contributed by atoms with Gasteiger partial charge in [0.1, 0.15) is 12.0 Å². The molecule has 156 valence electrons. The number of amides is 1. The van der Waals surface area contributed by atoms with Gasteiger partial charge in [-0.2, -0.15) is 0 Å². The van der Waals surface area contributed by atoms with Crippen molar-refractivity contribution in [1.82, 2.24) is 10.4 Å². The predicted molar refractivity (Wildman–Crippen MR) is 121 cm³/mol. The molecule has 0 saturated carbocycles. The molecule has 0 spiro atoms. The third-order valence-corrected chi connectivity index (χ3v) is 5.23. The first-order chi connectivity index (χ1) is 14.9. The number of aromatic nitrogens is 1. The van der Waals surface area contributed by atoms with Crippen LogP contribution in [0.4, 0.5) is 5.82 Å². The van der Waals surface area contributed by atoms with Gasteiger partial charge < -0.3 is 5.73 Å². The summed E-state index contributed by atoms with van der Waals surface area (Å²) < 4.78 is 0. The summed E-state index contributed by atoms with van der Waals surface area (Å²) in [5.41, 5.74) is 13.2. The van der Waals surface area contributed by atoms with E-state index in [2.05, 4.69) is 15.4 Å². The number of aliphatic imine (C=N–C) groups is 1. The highest BCUT2D eigenvalue weighted by Gasteiger charge is 2.30. The predicted octanol–water partition coefficient (Wildman–Crippen LogP) is 3.04. The Balaban J connectivity index is 1.67. The van der Waals surface area contributed by atoms with Gasteiger partial charge in [-0.25, -0.2) is 15.0 Å². The van der Waals surface area contributed by atoms with E-state index in [1.165, 1.54) is 0 Å². The Morgan fingerprint density at radius 3 is 2.55 bits per heavy atom. The number of anilines is 1. The van der Waals surface area contributed by atoms with Crippen LogP contribution in [0.15, 0.2) is 71.9 Å². The molecule has 7 nitrogen and oxygen atoms in total. The van der Waals surface area contributed by atoms with E-state index in [-0.39, 0.29) is 17.8 Å². The number of amidine groups is 1. The maximum Gasteiger partial charge on any atom is 0.285 e. The Morgan fingerprint density at radius 2 is 1.87 bits per heavy atom. The minimum atomic E-state index is -0.618. The minimum absolute atomic E-state index is 0.0335. The molecule has 1 aliphatic rings. The van der Waals surface area contributed by atoms with E-state index >= 15 is 0 Å². The van der Waals surface area contributed by atoms with Gasteiger partial charge >= 0.3 is 0 Å². The number of nitrogens with zero attached hydrogens (tertiary/aromatic N) is 3. The first-order valence-corrected chi connectivity index (χ1v) is 9.98. The lowest BCUT2D eigenvalue weighted by atomic mass is 9.98. The number of rotatable bonds is 6. The van der Waals surface area contributed by atoms with Gasteiger partial charge in [0.05, 0.1) is 0 Å². The van der Waals surface area contributed by atoms with Crippen molar-refractivity contribution in [3.8, 4) is 11.1 Å². The summed E-state index contributed by atoms with van der Waals surface area (Å²) in [7, 11) is 0. The number of hydrazine groups is 1. The summed E-state index contributed by atoms with van der Waals surface area (Å²) >= 11 is 0. The lowest BCUT2D eigenvalue weighted by molar-refractivity contribution is -0.112. The largest absolute Gasteiger partial charge is 0.363 e. The number of primary amides is 1. The van der Waals surface area contributed by atoms with Gasteiger partial charge in [-0.15, -0.1) is 0 Å². The van der Waals surface area contributed by atoms with Gasteiger partial charge in [0.2, 0.25) is 5.84 Å². The van der Waals surface area contributed by atoms with Crippen molar-refractivity contribution in [2.45, 2.75) is 26.4 Å². The number of hydrogen-bond donors (Lipinski definition) is 2. The molecule has 2 heterocycles. The van der Waals surface area contributed by atoms with Crippen molar-refractivity contribution in [3.63, 3.8) is 0 Å². The number of nitrogens with two attached hydrogens (primary N) is 1. The van der Waals surface area contributed by atoms with Crippen molar-refractivity contribution >= 4 is 23.3 Å². The molecular weight excluding hydrogens is 390 g/mol. The molecule has 31 heavy (non-hydrogen) atoms. The summed E-state index contributed by atoms with van der Waals surface area (Å²) in [6.07, 6.45) is 1.93. The summed E-state index contributed by atoms with van der Waals surface area (Å²) in [4.78, 5) is 32.4. The smallest absolute Gasteiger partial charge is 0.285 e. The van der Waals surface area contributed by atoms with Crippen molar-refractivity contribution in [2.24, 2.45) is 10.7 Å². The normalized spacial score (nSPS) is 15.4. The molecule has 3 aromatic rings. The summed E-state index contributed by atoms with van der Waals surface area (Å²) in [5, 5.41) is 1.76. The van der Waals surface area contributed by atoms with Crippen molar-refractivity contribution in [2.75, 3.05) is 5.01 Å². The second-order valence-electron chi connectivity index (χ2n) is 7.48. The zero-order valence-corrected chi connectivity index (χ0v) is 17.4. The van der Waals surface area contributed by atoms with Crippen LogP contribution in [-0.2, 0) is 11.2 Å². The van der Waals surface area contributed by atoms with Crippen LogP contribution in [0.25, 0.3) is 11.1 Å². The lowest BCUT2D eigenvalue weighted by Crippen LogP contribution is -2.45. The van der Waals surface area contributed by atoms with Crippen molar-refractivity contribution in [1.29, 1.82) is 0 Å². The van der Waals surface area contributed by atoms with E-state index in [0.717, 1.165) is 22.3 Å². The van der Waals surface area contributed by atoms with Gasteiger partial charge in [-0.3, -0.25) is 15.0 Å². The van der Waals surface area contributed by atoms with Gasteiger partial charge in [0, 0.05) is 18.2 Å². The number of nitrogens with one attached hydrogen (secondary N) is 1. The quantitative estimate of drug-likeness (QED) is 0.605. The highest BCUT2D eigenvalue weighted by atomic mass is 16.1. The van der Waals surface area contributed by atoms with Gasteiger partial charge in [0.15, 0.2) is 5.78 Å². The first-order valence-electron chi connectivity index (χ1n) is 9.98. The molecular formula is C24H23N5O2. The van der Waals surface area contributed by atoms with Crippen LogP contribution in [0.2, 0.25) is 0 Å². The number of carbonyl (C=O) groups is 2. The van der Waals surface area contributed by atoms with Crippen LogP contribution in [0.5, 0.6) is 0 Å².